The quantitative estimate of drug-likeness (QED) is 0.610. The van der Waals surface area contributed by atoms with Crippen molar-refractivity contribution in [3.63, 3.8) is 0 Å². The summed E-state index contributed by atoms with van der Waals surface area (Å²) in [5.74, 6) is -0.458. The van der Waals surface area contributed by atoms with Crippen molar-refractivity contribution in [2.24, 2.45) is 11.7 Å². The Balaban J connectivity index is 0.000000218. The first-order valence-corrected chi connectivity index (χ1v) is 3.50. The number of aliphatic carboxylic acids is 1. The second-order valence-electron chi connectivity index (χ2n) is 2.65. The summed E-state index contributed by atoms with van der Waals surface area (Å²) in [7, 11) is 0. The molecule has 0 unspecified atom stereocenters. The van der Waals surface area contributed by atoms with Crippen molar-refractivity contribution < 1.29 is 14.7 Å². The largest absolute Gasteiger partial charge is 0.481 e. The number of hydrogen-bond acceptors (Lipinski definition) is 2. The zero-order valence-electron chi connectivity index (χ0n) is 6.54. The Labute approximate surface area is 65.4 Å². The molecule has 0 spiro atoms. The lowest BCUT2D eigenvalue weighted by molar-refractivity contribution is -0.137. The summed E-state index contributed by atoms with van der Waals surface area (Å²) in [5.41, 5.74) is 4.47. The van der Waals surface area contributed by atoms with Crippen LogP contribution in [0.25, 0.3) is 0 Å². The van der Waals surface area contributed by atoms with E-state index in [2.05, 4.69) is 5.73 Å². The number of carbonyl (C=O) groups excluding carboxylic acids is 1. The summed E-state index contributed by atoms with van der Waals surface area (Å²) in [6.07, 6.45) is 2.65. The molecule has 0 saturated heterocycles. The van der Waals surface area contributed by atoms with Crippen LogP contribution in [0.15, 0.2) is 0 Å². The maximum absolute atomic E-state index is 9.85. The van der Waals surface area contributed by atoms with Crippen LogP contribution in [0, 0.1) is 5.92 Å². The first-order chi connectivity index (χ1) is 5.02. The Bertz CT molecular complexity index is 148. The second kappa shape index (κ2) is 4.71. The summed E-state index contributed by atoms with van der Waals surface area (Å²) in [5, 5.41) is 8.12. The number of carboxylic acid groups (broad SMARTS) is 1. The van der Waals surface area contributed by atoms with Gasteiger partial charge in [0.2, 0.25) is 5.91 Å². The van der Waals surface area contributed by atoms with Gasteiger partial charge in [-0.15, -0.1) is 0 Å². The van der Waals surface area contributed by atoms with E-state index in [9.17, 15) is 9.59 Å². The van der Waals surface area contributed by atoms with Crippen molar-refractivity contribution in [2.75, 3.05) is 0 Å². The Morgan fingerprint density at radius 3 is 2.00 bits per heavy atom. The van der Waals surface area contributed by atoms with Gasteiger partial charge in [0.25, 0.3) is 0 Å². The predicted molar refractivity (Wildman–Crippen MR) is 39.8 cm³/mol. The molecule has 0 aliphatic heterocycles. The van der Waals surface area contributed by atoms with E-state index in [0.717, 1.165) is 12.8 Å². The lowest BCUT2D eigenvalue weighted by Crippen LogP contribution is -2.01. The highest BCUT2D eigenvalue weighted by Gasteiger charge is 2.23. The summed E-state index contributed by atoms with van der Waals surface area (Å²) in [6.45, 7) is 1.31. The summed E-state index contributed by atoms with van der Waals surface area (Å²) in [6, 6.07) is 0. The van der Waals surface area contributed by atoms with E-state index < -0.39 is 5.97 Å². The predicted octanol–water partition coefficient (Wildman–Crippen LogP) is 0.363. The van der Waals surface area contributed by atoms with Gasteiger partial charge in [-0.1, -0.05) is 0 Å². The molecular weight excluding hydrogens is 146 g/mol. The van der Waals surface area contributed by atoms with Crippen molar-refractivity contribution in [1.29, 1.82) is 0 Å². The van der Waals surface area contributed by atoms with Crippen LogP contribution in [0.3, 0.4) is 0 Å². The van der Waals surface area contributed by atoms with E-state index in [0.29, 0.717) is 12.3 Å². The van der Waals surface area contributed by atoms with Crippen LogP contribution in [0.2, 0.25) is 0 Å². The van der Waals surface area contributed by atoms with Crippen LogP contribution in [0.4, 0.5) is 0 Å². The lowest BCUT2D eigenvalue weighted by atomic mass is 10.3. The molecule has 3 N–H and O–H groups in total. The molecule has 1 fully saturated rings. The Morgan fingerprint density at radius 2 is 1.91 bits per heavy atom. The van der Waals surface area contributed by atoms with Gasteiger partial charge in [-0.3, -0.25) is 9.59 Å². The van der Waals surface area contributed by atoms with Crippen LogP contribution in [0.1, 0.15) is 26.2 Å². The standard InChI is InChI=1S/C5H8O2.C2H5NO/c6-5(7)3-4-1-2-4;1-2(3)4/h4H,1-3H2,(H,6,7);1H3,(H2,3,4). The van der Waals surface area contributed by atoms with Crippen LogP contribution < -0.4 is 5.73 Å². The third kappa shape index (κ3) is 12.2. The third-order valence-corrected chi connectivity index (χ3v) is 1.16. The van der Waals surface area contributed by atoms with E-state index in [4.69, 9.17) is 5.11 Å². The minimum Gasteiger partial charge on any atom is -0.481 e. The summed E-state index contributed by atoms with van der Waals surface area (Å²) >= 11 is 0. The normalized spacial score (nSPS) is 14.6. The Morgan fingerprint density at radius 1 is 1.55 bits per heavy atom. The number of carboxylic acids is 1. The molecule has 0 atom stereocenters. The topological polar surface area (TPSA) is 80.4 Å². The molecular formula is C7H13NO3. The van der Waals surface area contributed by atoms with Crippen molar-refractivity contribution in [1.82, 2.24) is 0 Å². The fourth-order valence-corrected chi connectivity index (χ4v) is 0.569. The van der Waals surface area contributed by atoms with E-state index in [-0.39, 0.29) is 5.91 Å². The molecule has 1 saturated carbocycles. The SMILES string of the molecule is CC(N)=O.O=C(O)CC1CC1. The molecule has 0 aromatic heterocycles. The van der Waals surface area contributed by atoms with Crippen LogP contribution >= 0.6 is 0 Å². The highest BCUT2D eigenvalue weighted by molar-refractivity contribution is 5.70. The fourth-order valence-electron chi connectivity index (χ4n) is 0.569. The van der Waals surface area contributed by atoms with Crippen LogP contribution in [0.5, 0.6) is 0 Å². The molecule has 1 aliphatic carbocycles. The molecule has 0 bridgehead atoms. The smallest absolute Gasteiger partial charge is 0.303 e. The van der Waals surface area contributed by atoms with Gasteiger partial charge in [0.15, 0.2) is 0 Å². The van der Waals surface area contributed by atoms with E-state index in [1.54, 1.807) is 0 Å². The summed E-state index contributed by atoms with van der Waals surface area (Å²) < 4.78 is 0. The second-order valence-corrected chi connectivity index (χ2v) is 2.65. The molecule has 1 amide bonds. The van der Waals surface area contributed by atoms with Gasteiger partial charge in [0.1, 0.15) is 0 Å². The first-order valence-electron chi connectivity index (χ1n) is 3.50. The molecule has 4 nitrogen and oxygen atoms in total. The number of hydrogen-bond donors (Lipinski definition) is 2. The lowest BCUT2D eigenvalue weighted by Gasteiger charge is -1.82. The van der Waals surface area contributed by atoms with E-state index in [1.807, 2.05) is 0 Å². The molecule has 1 aliphatic rings. The molecule has 4 heteroatoms. The molecule has 64 valence electrons. The minimum absolute atomic E-state index is 0.333. The number of amides is 1. The van der Waals surface area contributed by atoms with E-state index >= 15 is 0 Å². The fraction of sp³-hybridized carbons (Fsp3) is 0.714. The van der Waals surface area contributed by atoms with Crippen molar-refractivity contribution in [3.8, 4) is 0 Å². The molecule has 0 heterocycles. The van der Waals surface area contributed by atoms with E-state index in [1.165, 1.54) is 6.92 Å². The van der Waals surface area contributed by atoms with Crippen molar-refractivity contribution in [2.45, 2.75) is 26.2 Å². The van der Waals surface area contributed by atoms with Gasteiger partial charge in [-0.05, 0) is 18.8 Å². The van der Waals surface area contributed by atoms with Gasteiger partial charge in [0.05, 0.1) is 0 Å². The maximum Gasteiger partial charge on any atom is 0.303 e. The minimum atomic E-state index is -0.650. The number of primary amides is 1. The molecule has 1 rings (SSSR count). The van der Waals surface area contributed by atoms with Gasteiger partial charge in [-0.2, -0.15) is 0 Å². The highest BCUT2D eigenvalue weighted by atomic mass is 16.4. The third-order valence-electron chi connectivity index (χ3n) is 1.16. The van der Waals surface area contributed by atoms with Gasteiger partial charge >= 0.3 is 5.97 Å². The van der Waals surface area contributed by atoms with Gasteiger partial charge < -0.3 is 10.8 Å². The Kier molecular flexibility index (Phi) is 4.26. The first kappa shape index (κ1) is 9.94. The molecule has 0 radical (unpaired) electrons. The van der Waals surface area contributed by atoms with Crippen molar-refractivity contribution in [3.05, 3.63) is 0 Å². The Hall–Kier alpha value is -1.06. The molecule has 11 heavy (non-hydrogen) atoms. The number of rotatable bonds is 2. The molecule has 0 aromatic carbocycles. The van der Waals surface area contributed by atoms with Crippen LogP contribution in [-0.2, 0) is 9.59 Å². The van der Waals surface area contributed by atoms with Gasteiger partial charge in [-0.25, -0.2) is 0 Å². The maximum atomic E-state index is 9.85. The van der Waals surface area contributed by atoms with Gasteiger partial charge in [0, 0.05) is 13.3 Å². The molecule has 0 aromatic rings. The van der Waals surface area contributed by atoms with Crippen LogP contribution in [-0.4, -0.2) is 17.0 Å². The number of carbonyl (C=O) groups is 2. The zero-order chi connectivity index (χ0) is 8.85. The average molecular weight is 159 g/mol. The number of nitrogens with two attached hydrogens (primary N) is 1. The zero-order valence-corrected chi connectivity index (χ0v) is 6.54. The van der Waals surface area contributed by atoms with Crippen molar-refractivity contribution >= 4 is 11.9 Å². The average Bonchev–Trinajstić information content (AvgIpc) is 2.45. The highest BCUT2D eigenvalue weighted by Crippen LogP contribution is 2.31. The summed E-state index contributed by atoms with van der Waals surface area (Å²) in [4.78, 5) is 19.1. The monoisotopic (exact) mass is 159 g/mol.